The SMILES string of the molecule is Cc1cc(N)cc(C(=O)OCC(=O)NC2CCCCC2)c1. The van der Waals surface area contributed by atoms with Crippen molar-refractivity contribution in [2.45, 2.75) is 45.1 Å². The van der Waals surface area contributed by atoms with Gasteiger partial charge < -0.3 is 15.8 Å². The minimum Gasteiger partial charge on any atom is -0.452 e. The van der Waals surface area contributed by atoms with Crippen LogP contribution in [0.25, 0.3) is 0 Å². The van der Waals surface area contributed by atoms with Crippen molar-refractivity contribution in [3.8, 4) is 0 Å². The second-order valence-corrected chi connectivity index (χ2v) is 5.61. The zero-order valence-corrected chi connectivity index (χ0v) is 12.4. The second kappa shape index (κ2) is 7.11. The molecule has 1 fully saturated rings. The lowest BCUT2D eigenvalue weighted by molar-refractivity contribution is -0.125. The van der Waals surface area contributed by atoms with Gasteiger partial charge in [0.15, 0.2) is 6.61 Å². The lowest BCUT2D eigenvalue weighted by atomic mass is 9.95. The Morgan fingerprint density at radius 3 is 2.62 bits per heavy atom. The van der Waals surface area contributed by atoms with Crippen molar-refractivity contribution in [2.24, 2.45) is 0 Å². The maximum absolute atomic E-state index is 11.9. The summed E-state index contributed by atoms with van der Waals surface area (Å²) in [6.07, 6.45) is 5.54. The quantitative estimate of drug-likeness (QED) is 0.658. The largest absolute Gasteiger partial charge is 0.452 e. The van der Waals surface area contributed by atoms with E-state index in [4.69, 9.17) is 10.5 Å². The summed E-state index contributed by atoms with van der Waals surface area (Å²) >= 11 is 0. The maximum atomic E-state index is 11.9. The van der Waals surface area contributed by atoms with Crippen LogP contribution in [0.15, 0.2) is 18.2 Å². The van der Waals surface area contributed by atoms with E-state index in [9.17, 15) is 9.59 Å². The number of hydrogen-bond donors (Lipinski definition) is 2. The Labute approximate surface area is 124 Å². The number of nitrogens with one attached hydrogen (secondary N) is 1. The molecule has 5 heteroatoms. The van der Waals surface area contributed by atoms with E-state index < -0.39 is 5.97 Å². The van der Waals surface area contributed by atoms with Crippen molar-refractivity contribution in [3.63, 3.8) is 0 Å². The summed E-state index contributed by atoms with van der Waals surface area (Å²) in [5.41, 5.74) is 7.45. The number of esters is 1. The molecule has 21 heavy (non-hydrogen) atoms. The van der Waals surface area contributed by atoms with E-state index in [-0.39, 0.29) is 18.6 Å². The predicted molar refractivity (Wildman–Crippen MR) is 80.9 cm³/mol. The van der Waals surface area contributed by atoms with Crippen LogP contribution in [0.4, 0.5) is 5.69 Å². The molecule has 0 bridgehead atoms. The Bertz CT molecular complexity index is 502. The van der Waals surface area contributed by atoms with Crippen LogP contribution >= 0.6 is 0 Å². The van der Waals surface area contributed by atoms with Crippen LogP contribution in [0.3, 0.4) is 0 Å². The van der Waals surface area contributed by atoms with Crippen LogP contribution < -0.4 is 11.1 Å². The third kappa shape index (κ3) is 4.77. The summed E-state index contributed by atoms with van der Waals surface area (Å²) in [5, 5.41) is 2.91. The average molecular weight is 290 g/mol. The number of amides is 1. The first-order valence-corrected chi connectivity index (χ1v) is 7.38. The van der Waals surface area contributed by atoms with Gasteiger partial charge >= 0.3 is 5.97 Å². The molecule has 114 valence electrons. The topological polar surface area (TPSA) is 81.4 Å². The van der Waals surface area contributed by atoms with Crippen molar-refractivity contribution in [2.75, 3.05) is 12.3 Å². The summed E-state index contributed by atoms with van der Waals surface area (Å²) in [4.78, 5) is 23.7. The fourth-order valence-corrected chi connectivity index (χ4v) is 2.66. The number of aryl methyl sites for hydroxylation is 1. The van der Waals surface area contributed by atoms with Gasteiger partial charge in [-0.15, -0.1) is 0 Å². The molecule has 0 atom stereocenters. The average Bonchev–Trinajstić information content (AvgIpc) is 2.45. The van der Waals surface area contributed by atoms with Gasteiger partial charge in [-0.3, -0.25) is 4.79 Å². The fourth-order valence-electron chi connectivity index (χ4n) is 2.66. The molecule has 0 aromatic heterocycles. The second-order valence-electron chi connectivity index (χ2n) is 5.61. The number of hydrogen-bond acceptors (Lipinski definition) is 4. The third-order valence-electron chi connectivity index (χ3n) is 3.64. The molecule has 1 saturated carbocycles. The number of carbonyl (C=O) groups excluding carboxylic acids is 2. The van der Waals surface area contributed by atoms with Crippen molar-refractivity contribution >= 4 is 17.6 Å². The molecule has 3 N–H and O–H groups in total. The monoisotopic (exact) mass is 290 g/mol. The Morgan fingerprint density at radius 2 is 1.95 bits per heavy atom. The maximum Gasteiger partial charge on any atom is 0.338 e. The van der Waals surface area contributed by atoms with E-state index in [1.165, 1.54) is 6.42 Å². The first kappa shape index (κ1) is 15.4. The predicted octanol–water partition coefficient (Wildman–Crippen LogP) is 2.18. The van der Waals surface area contributed by atoms with E-state index in [0.29, 0.717) is 11.3 Å². The van der Waals surface area contributed by atoms with Gasteiger partial charge in [-0.05, 0) is 43.5 Å². The molecule has 2 rings (SSSR count). The molecule has 0 aliphatic heterocycles. The van der Waals surface area contributed by atoms with Crippen molar-refractivity contribution in [1.82, 2.24) is 5.32 Å². The van der Waals surface area contributed by atoms with Gasteiger partial charge in [-0.2, -0.15) is 0 Å². The lowest BCUT2D eigenvalue weighted by Gasteiger charge is -2.22. The highest BCUT2D eigenvalue weighted by atomic mass is 16.5. The number of nitrogens with two attached hydrogens (primary N) is 1. The fraction of sp³-hybridized carbons (Fsp3) is 0.500. The number of ether oxygens (including phenoxy) is 1. The van der Waals surface area contributed by atoms with E-state index >= 15 is 0 Å². The summed E-state index contributed by atoms with van der Waals surface area (Å²) in [5.74, 6) is -0.764. The summed E-state index contributed by atoms with van der Waals surface area (Å²) in [7, 11) is 0. The molecule has 1 aliphatic carbocycles. The highest BCUT2D eigenvalue weighted by molar-refractivity contribution is 5.92. The Balaban J connectivity index is 1.81. The van der Waals surface area contributed by atoms with E-state index in [0.717, 1.165) is 31.2 Å². The lowest BCUT2D eigenvalue weighted by Crippen LogP contribution is -2.38. The molecule has 0 spiro atoms. The smallest absolute Gasteiger partial charge is 0.338 e. The highest BCUT2D eigenvalue weighted by Gasteiger charge is 2.17. The summed E-state index contributed by atoms with van der Waals surface area (Å²) in [6, 6.07) is 5.23. The Kier molecular flexibility index (Phi) is 5.20. The zero-order chi connectivity index (χ0) is 15.2. The molecule has 0 heterocycles. The van der Waals surface area contributed by atoms with Crippen molar-refractivity contribution in [3.05, 3.63) is 29.3 Å². The molecule has 0 radical (unpaired) electrons. The number of nitrogen functional groups attached to an aromatic ring is 1. The van der Waals surface area contributed by atoms with Crippen LogP contribution in [0.1, 0.15) is 48.0 Å². The molecular weight excluding hydrogens is 268 g/mol. The summed E-state index contributed by atoms with van der Waals surface area (Å²) in [6.45, 7) is 1.60. The van der Waals surface area contributed by atoms with Gasteiger partial charge in [0.1, 0.15) is 0 Å². The molecule has 5 nitrogen and oxygen atoms in total. The van der Waals surface area contributed by atoms with Gasteiger partial charge in [0, 0.05) is 11.7 Å². The Hall–Kier alpha value is -2.04. The molecule has 1 aromatic rings. The van der Waals surface area contributed by atoms with Crippen LogP contribution in [-0.2, 0) is 9.53 Å². The van der Waals surface area contributed by atoms with Crippen molar-refractivity contribution in [1.29, 1.82) is 0 Å². The minimum atomic E-state index is -0.524. The molecule has 1 amide bonds. The van der Waals surface area contributed by atoms with Gasteiger partial charge in [0.2, 0.25) is 0 Å². The van der Waals surface area contributed by atoms with Gasteiger partial charge in [-0.25, -0.2) is 4.79 Å². The van der Waals surface area contributed by atoms with Gasteiger partial charge in [0.05, 0.1) is 5.56 Å². The number of anilines is 1. The molecular formula is C16H22N2O3. The summed E-state index contributed by atoms with van der Waals surface area (Å²) < 4.78 is 5.03. The third-order valence-corrected chi connectivity index (χ3v) is 3.64. The normalized spacial score (nSPS) is 15.5. The van der Waals surface area contributed by atoms with Crippen LogP contribution in [0, 0.1) is 6.92 Å². The zero-order valence-electron chi connectivity index (χ0n) is 12.4. The van der Waals surface area contributed by atoms with E-state index in [1.807, 2.05) is 6.92 Å². The molecule has 1 aliphatic rings. The minimum absolute atomic E-state index is 0.222. The first-order valence-electron chi connectivity index (χ1n) is 7.38. The molecule has 1 aromatic carbocycles. The highest BCUT2D eigenvalue weighted by Crippen LogP contribution is 2.17. The van der Waals surface area contributed by atoms with Gasteiger partial charge in [-0.1, -0.05) is 19.3 Å². The van der Waals surface area contributed by atoms with Gasteiger partial charge in [0.25, 0.3) is 5.91 Å². The van der Waals surface area contributed by atoms with Crippen LogP contribution in [0.2, 0.25) is 0 Å². The Morgan fingerprint density at radius 1 is 1.24 bits per heavy atom. The standard InChI is InChI=1S/C16H22N2O3/c1-11-7-12(9-13(17)8-11)16(20)21-10-15(19)18-14-5-3-2-4-6-14/h7-9,14H,2-6,10,17H2,1H3,(H,18,19). The van der Waals surface area contributed by atoms with E-state index in [2.05, 4.69) is 5.32 Å². The van der Waals surface area contributed by atoms with Crippen molar-refractivity contribution < 1.29 is 14.3 Å². The number of rotatable bonds is 4. The van der Waals surface area contributed by atoms with Crippen LogP contribution in [0.5, 0.6) is 0 Å². The number of carbonyl (C=O) groups is 2. The van der Waals surface area contributed by atoms with Crippen LogP contribution in [-0.4, -0.2) is 24.5 Å². The number of benzene rings is 1. The molecule has 0 saturated heterocycles. The van der Waals surface area contributed by atoms with E-state index in [1.54, 1.807) is 18.2 Å². The molecule has 0 unspecified atom stereocenters. The first-order chi connectivity index (χ1) is 10.0.